The van der Waals surface area contributed by atoms with Gasteiger partial charge in [0.15, 0.2) is 0 Å². The predicted octanol–water partition coefficient (Wildman–Crippen LogP) is 4.52. The summed E-state index contributed by atoms with van der Waals surface area (Å²) >= 11 is 0. The predicted molar refractivity (Wildman–Crippen MR) is 125 cm³/mol. The maximum atomic E-state index is 15.1. The zero-order valence-electron chi connectivity index (χ0n) is 19.4. The van der Waals surface area contributed by atoms with E-state index in [1.165, 1.54) is 23.1 Å². The summed E-state index contributed by atoms with van der Waals surface area (Å²) in [5.74, 6) is -0.856. The zero-order valence-corrected chi connectivity index (χ0v) is 19.4. The van der Waals surface area contributed by atoms with Crippen molar-refractivity contribution in [3.05, 3.63) is 47.3 Å². The Morgan fingerprint density at radius 1 is 1.14 bits per heavy atom. The highest BCUT2D eigenvalue weighted by atomic mass is 19.4. The topological polar surface area (TPSA) is 88.6 Å². The minimum absolute atomic E-state index is 0.0524. The van der Waals surface area contributed by atoms with E-state index >= 15 is 4.39 Å². The molecule has 1 amide bonds. The first-order valence-electron chi connectivity index (χ1n) is 11.4. The summed E-state index contributed by atoms with van der Waals surface area (Å²) in [6.45, 7) is 3.60. The number of benzene rings is 2. The quantitative estimate of drug-likeness (QED) is 0.471. The van der Waals surface area contributed by atoms with E-state index in [4.69, 9.17) is 9.47 Å². The first-order valence-corrected chi connectivity index (χ1v) is 11.4. The van der Waals surface area contributed by atoms with Crippen molar-refractivity contribution in [3.63, 3.8) is 0 Å². The van der Waals surface area contributed by atoms with Gasteiger partial charge < -0.3 is 25.0 Å². The molecule has 2 aromatic carbocycles. The van der Waals surface area contributed by atoms with E-state index in [0.29, 0.717) is 5.39 Å². The number of hydrogen-bond acceptors (Lipinski definition) is 7. The molecule has 2 bridgehead atoms. The van der Waals surface area contributed by atoms with Crippen molar-refractivity contribution in [2.24, 2.45) is 0 Å². The van der Waals surface area contributed by atoms with Crippen LogP contribution >= 0.6 is 0 Å². The Balaban J connectivity index is 1.65. The first kappa shape index (κ1) is 24.0. The van der Waals surface area contributed by atoms with E-state index in [1.807, 2.05) is 0 Å². The fourth-order valence-corrected chi connectivity index (χ4v) is 4.33. The maximum absolute atomic E-state index is 15.1. The number of nitrogens with one attached hydrogen (secondary N) is 2. The molecule has 5 rings (SSSR count). The first-order chi connectivity index (χ1) is 17.1. The summed E-state index contributed by atoms with van der Waals surface area (Å²) in [5, 5.41) is 6.56. The van der Waals surface area contributed by atoms with Gasteiger partial charge in [0.2, 0.25) is 5.95 Å². The zero-order chi connectivity index (χ0) is 25.6. The molecule has 2 atom stereocenters. The standard InChI is InChI=1S/C24H23F4N5O3/c1-12-10-36-21-14(4-3-5-16(21)24(26,27)28)13(2)30-22-15-8-19(33-6-7-35-11-20(33)34)17(25)9-18(15)31-23(29-12)32-22/h3-5,8-9,12-13H,6-7,10-11H2,1-2H3,(H2,29,30,31,32)/t12?,13-/m1/s1. The van der Waals surface area contributed by atoms with Crippen molar-refractivity contribution in [3.8, 4) is 5.75 Å². The van der Waals surface area contributed by atoms with Crippen molar-refractivity contribution in [1.82, 2.24) is 9.97 Å². The van der Waals surface area contributed by atoms with E-state index < -0.39 is 29.6 Å². The molecule has 8 nitrogen and oxygen atoms in total. The van der Waals surface area contributed by atoms with Crippen molar-refractivity contribution in [2.75, 3.05) is 41.9 Å². The molecule has 190 valence electrons. The highest BCUT2D eigenvalue weighted by Gasteiger charge is 2.36. The lowest BCUT2D eigenvalue weighted by molar-refractivity contribution is -0.139. The van der Waals surface area contributed by atoms with Crippen LogP contribution in [0.3, 0.4) is 0 Å². The molecular formula is C24H23F4N5O3. The van der Waals surface area contributed by atoms with E-state index in [1.54, 1.807) is 19.9 Å². The van der Waals surface area contributed by atoms with Gasteiger partial charge in [-0.3, -0.25) is 4.79 Å². The van der Waals surface area contributed by atoms with Crippen molar-refractivity contribution in [1.29, 1.82) is 0 Å². The number of rotatable bonds is 1. The largest absolute Gasteiger partial charge is 0.490 e. The van der Waals surface area contributed by atoms with Gasteiger partial charge in [-0.25, -0.2) is 9.37 Å². The van der Waals surface area contributed by atoms with Gasteiger partial charge in [-0.15, -0.1) is 0 Å². The molecule has 3 heterocycles. The molecular weight excluding hydrogens is 482 g/mol. The highest BCUT2D eigenvalue weighted by molar-refractivity contribution is 5.99. The van der Waals surface area contributed by atoms with E-state index in [-0.39, 0.29) is 66.6 Å². The summed E-state index contributed by atoms with van der Waals surface area (Å²) < 4.78 is 67.2. The molecule has 36 heavy (non-hydrogen) atoms. The molecule has 1 fully saturated rings. The number of fused-ring (bicyclic) bond motifs is 5. The minimum atomic E-state index is -4.61. The Bertz CT molecular complexity index is 1330. The summed E-state index contributed by atoms with van der Waals surface area (Å²) in [6, 6.07) is 5.41. The van der Waals surface area contributed by atoms with Gasteiger partial charge in [0.1, 0.15) is 30.6 Å². The van der Waals surface area contributed by atoms with Gasteiger partial charge in [0, 0.05) is 23.6 Å². The van der Waals surface area contributed by atoms with Gasteiger partial charge >= 0.3 is 6.18 Å². The Hall–Kier alpha value is -3.67. The highest BCUT2D eigenvalue weighted by Crippen LogP contribution is 2.41. The average Bonchev–Trinajstić information content (AvgIpc) is 2.83. The smallest absolute Gasteiger partial charge is 0.419 e. The van der Waals surface area contributed by atoms with Crippen LogP contribution in [0, 0.1) is 5.82 Å². The molecule has 1 aromatic heterocycles. The Morgan fingerprint density at radius 2 is 1.94 bits per heavy atom. The van der Waals surface area contributed by atoms with Crippen LogP contribution in [0.15, 0.2) is 30.3 Å². The Kier molecular flexibility index (Phi) is 6.07. The lowest BCUT2D eigenvalue weighted by atomic mass is 10.0. The van der Waals surface area contributed by atoms with Gasteiger partial charge in [0.25, 0.3) is 5.91 Å². The number of hydrogen-bond donors (Lipinski definition) is 2. The molecule has 1 unspecified atom stereocenters. The van der Waals surface area contributed by atoms with Crippen LogP contribution in [-0.2, 0) is 15.7 Å². The van der Waals surface area contributed by atoms with Crippen LogP contribution in [0.1, 0.15) is 31.0 Å². The number of aromatic nitrogens is 2. The third kappa shape index (κ3) is 4.48. The molecule has 3 aromatic rings. The van der Waals surface area contributed by atoms with Crippen LogP contribution in [0.5, 0.6) is 5.75 Å². The molecule has 0 radical (unpaired) electrons. The van der Waals surface area contributed by atoms with Crippen molar-refractivity contribution < 1.29 is 31.8 Å². The van der Waals surface area contributed by atoms with Crippen LogP contribution in [-0.4, -0.2) is 48.3 Å². The second-order valence-corrected chi connectivity index (χ2v) is 8.76. The maximum Gasteiger partial charge on any atom is 0.419 e. The molecule has 0 saturated carbocycles. The van der Waals surface area contributed by atoms with E-state index in [0.717, 1.165) is 6.07 Å². The number of nitrogens with zero attached hydrogens (tertiary/aromatic N) is 3. The lowest BCUT2D eigenvalue weighted by Gasteiger charge is -2.27. The minimum Gasteiger partial charge on any atom is -0.490 e. The number of anilines is 3. The fraction of sp³-hybridized carbons (Fsp3) is 0.375. The fourth-order valence-electron chi connectivity index (χ4n) is 4.33. The van der Waals surface area contributed by atoms with Crippen molar-refractivity contribution in [2.45, 2.75) is 32.1 Å². The Labute approximate surface area is 203 Å². The number of para-hydroxylation sites is 1. The monoisotopic (exact) mass is 505 g/mol. The second-order valence-electron chi connectivity index (χ2n) is 8.76. The summed E-state index contributed by atoms with van der Waals surface area (Å²) in [7, 11) is 0. The van der Waals surface area contributed by atoms with Gasteiger partial charge in [0.05, 0.1) is 35.5 Å². The number of morpholine rings is 1. The van der Waals surface area contributed by atoms with Gasteiger partial charge in [-0.1, -0.05) is 12.1 Å². The number of alkyl halides is 3. The van der Waals surface area contributed by atoms with E-state index in [2.05, 4.69) is 20.6 Å². The summed E-state index contributed by atoms with van der Waals surface area (Å²) in [6.07, 6.45) is -4.61. The number of ether oxygens (including phenoxy) is 2. The Morgan fingerprint density at radius 3 is 2.69 bits per heavy atom. The average molecular weight is 505 g/mol. The molecule has 2 aliphatic rings. The summed E-state index contributed by atoms with van der Waals surface area (Å²) in [4.78, 5) is 22.5. The van der Waals surface area contributed by atoms with Crippen LogP contribution < -0.4 is 20.3 Å². The lowest BCUT2D eigenvalue weighted by Crippen LogP contribution is -2.42. The molecule has 2 aliphatic heterocycles. The molecule has 12 heteroatoms. The van der Waals surface area contributed by atoms with Crippen molar-refractivity contribution >= 4 is 34.3 Å². The van der Waals surface area contributed by atoms with E-state index in [9.17, 15) is 18.0 Å². The number of halogens is 4. The number of amides is 1. The number of carbonyl (C=O) groups excluding carboxylic acids is 1. The van der Waals surface area contributed by atoms with Gasteiger partial charge in [-0.2, -0.15) is 18.2 Å². The van der Waals surface area contributed by atoms with Gasteiger partial charge in [-0.05, 0) is 26.0 Å². The van der Waals surface area contributed by atoms with Crippen LogP contribution in [0.2, 0.25) is 0 Å². The van der Waals surface area contributed by atoms with Crippen LogP contribution in [0.25, 0.3) is 10.9 Å². The van der Waals surface area contributed by atoms with Crippen LogP contribution in [0.4, 0.5) is 35.0 Å². The number of carbonyl (C=O) groups is 1. The summed E-state index contributed by atoms with van der Waals surface area (Å²) in [5.41, 5.74) is -0.270. The second kappa shape index (κ2) is 9.08. The third-order valence-corrected chi connectivity index (χ3v) is 6.06. The molecule has 1 saturated heterocycles. The molecule has 0 spiro atoms. The molecule has 0 aliphatic carbocycles. The SMILES string of the molecule is CC1COc2c(cccc2C(F)(F)F)[C@@H](C)Nc2nc(nc3cc(F)c(N4CCOCC4=O)cc23)N1. The third-order valence-electron chi connectivity index (χ3n) is 6.06. The molecule has 2 N–H and O–H groups in total. The normalized spacial score (nSPS) is 20.6.